The molecule has 2 aliphatic rings. The number of benzene rings is 1. The van der Waals surface area contributed by atoms with E-state index < -0.39 is 0 Å². The first-order valence-electron chi connectivity index (χ1n) is 9.81. The van der Waals surface area contributed by atoms with Crippen molar-refractivity contribution in [2.24, 2.45) is 7.05 Å². The second-order valence-corrected chi connectivity index (χ2v) is 7.79. The number of rotatable bonds is 4. The lowest BCUT2D eigenvalue weighted by molar-refractivity contribution is 0.0933. The van der Waals surface area contributed by atoms with Crippen LogP contribution < -0.4 is 16.2 Å². The molecule has 2 atom stereocenters. The van der Waals surface area contributed by atoms with Gasteiger partial charge >= 0.3 is 0 Å². The summed E-state index contributed by atoms with van der Waals surface area (Å²) in [6.07, 6.45) is 2.93. The van der Waals surface area contributed by atoms with Crippen molar-refractivity contribution in [2.45, 2.75) is 44.3 Å². The van der Waals surface area contributed by atoms with Crippen LogP contribution in [0.3, 0.4) is 0 Å². The van der Waals surface area contributed by atoms with Crippen molar-refractivity contribution < 1.29 is 4.79 Å². The first-order chi connectivity index (χ1) is 13.6. The van der Waals surface area contributed by atoms with E-state index in [9.17, 15) is 4.79 Å². The van der Waals surface area contributed by atoms with Crippen LogP contribution in [0.1, 0.15) is 58.5 Å². The number of aromatic nitrogens is 3. The molecule has 3 aromatic rings. The topological polar surface area (TPSA) is 83.9 Å². The maximum Gasteiger partial charge on any atom is 0.253 e. The van der Waals surface area contributed by atoms with Gasteiger partial charge in [-0.3, -0.25) is 9.48 Å². The summed E-state index contributed by atoms with van der Waals surface area (Å²) in [5.74, 6) is 0.387. The van der Waals surface area contributed by atoms with E-state index in [4.69, 9.17) is 4.98 Å². The maximum absolute atomic E-state index is 13.2. The molecule has 7 nitrogen and oxygen atoms in total. The minimum atomic E-state index is -0.137. The highest BCUT2D eigenvalue weighted by Crippen LogP contribution is 2.40. The fourth-order valence-electron chi connectivity index (χ4n) is 4.02. The molecular weight excluding hydrogens is 352 g/mol. The number of aryl methyl sites for hydroxylation is 2. The molecule has 7 heteroatoms. The summed E-state index contributed by atoms with van der Waals surface area (Å²) >= 11 is 0. The summed E-state index contributed by atoms with van der Waals surface area (Å²) in [5, 5.41) is 8.46. The zero-order valence-corrected chi connectivity index (χ0v) is 16.1. The minimum absolute atomic E-state index is 0.0848. The van der Waals surface area contributed by atoms with Gasteiger partial charge in [-0.25, -0.2) is 15.8 Å². The Bertz CT molecular complexity index is 1040. The molecule has 2 fully saturated rings. The largest absolute Gasteiger partial charge is 0.335 e. The predicted octanol–water partition coefficient (Wildman–Crippen LogP) is 2.45. The molecule has 1 saturated heterocycles. The van der Waals surface area contributed by atoms with Gasteiger partial charge in [0.25, 0.3) is 5.91 Å². The predicted molar refractivity (Wildman–Crippen MR) is 107 cm³/mol. The van der Waals surface area contributed by atoms with Crippen molar-refractivity contribution in [3.63, 3.8) is 0 Å². The van der Waals surface area contributed by atoms with Gasteiger partial charge in [0, 0.05) is 31.1 Å². The number of carbonyl (C=O) groups is 1. The van der Waals surface area contributed by atoms with Gasteiger partial charge < -0.3 is 5.32 Å². The van der Waals surface area contributed by atoms with E-state index >= 15 is 0 Å². The Kier molecular flexibility index (Phi) is 4.14. The minimum Gasteiger partial charge on any atom is -0.335 e. The SMILES string of the molecule is Cc1nn(C)c2nc(C3CC3)cc(C(=O)NC3CC(c4ccccc4)NN3)c12. The van der Waals surface area contributed by atoms with E-state index in [2.05, 4.69) is 33.4 Å². The van der Waals surface area contributed by atoms with Crippen molar-refractivity contribution in [2.75, 3.05) is 0 Å². The zero-order valence-electron chi connectivity index (χ0n) is 16.1. The van der Waals surface area contributed by atoms with E-state index in [1.54, 1.807) is 4.68 Å². The second-order valence-electron chi connectivity index (χ2n) is 7.79. The Morgan fingerprint density at radius 1 is 1.21 bits per heavy atom. The summed E-state index contributed by atoms with van der Waals surface area (Å²) in [5.41, 5.74) is 11.0. The first-order valence-corrected chi connectivity index (χ1v) is 9.81. The van der Waals surface area contributed by atoms with Gasteiger partial charge in [-0.05, 0) is 31.4 Å². The lowest BCUT2D eigenvalue weighted by atomic mass is 10.0. The molecule has 144 valence electrons. The molecule has 2 aromatic heterocycles. The number of pyridine rings is 1. The Hall–Kier alpha value is -2.77. The number of nitrogens with one attached hydrogen (secondary N) is 3. The van der Waals surface area contributed by atoms with Crippen LogP contribution in [0.15, 0.2) is 36.4 Å². The number of fused-ring (bicyclic) bond motifs is 1. The fourth-order valence-corrected chi connectivity index (χ4v) is 4.02. The summed E-state index contributed by atoms with van der Waals surface area (Å²) in [6, 6.07) is 12.4. The van der Waals surface area contributed by atoms with Gasteiger partial charge in [0.15, 0.2) is 5.65 Å². The molecule has 0 spiro atoms. The molecule has 3 heterocycles. The smallest absolute Gasteiger partial charge is 0.253 e. The van der Waals surface area contributed by atoms with E-state index in [1.807, 2.05) is 38.2 Å². The first kappa shape index (κ1) is 17.3. The number of hydrogen-bond donors (Lipinski definition) is 3. The van der Waals surface area contributed by atoms with Crippen LogP contribution in [0, 0.1) is 6.92 Å². The summed E-state index contributed by atoms with van der Waals surface area (Å²) in [6.45, 7) is 1.93. The molecule has 1 aliphatic heterocycles. The molecule has 1 saturated carbocycles. The van der Waals surface area contributed by atoms with Crippen molar-refractivity contribution in [3.8, 4) is 0 Å². The highest BCUT2D eigenvalue weighted by Gasteiger charge is 2.30. The van der Waals surface area contributed by atoms with E-state index in [1.165, 1.54) is 5.56 Å². The van der Waals surface area contributed by atoms with Crippen LogP contribution in [-0.4, -0.2) is 26.8 Å². The van der Waals surface area contributed by atoms with Gasteiger partial charge in [0.1, 0.15) is 0 Å². The van der Waals surface area contributed by atoms with Crippen LogP contribution in [-0.2, 0) is 7.05 Å². The number of hydrazine groups is 1. The van der Waals surface area contributed by atoms with Gasteiger partial charge in [0.05, 0.1) is 22.8 Å². The molecule has 2 unspecified atom stereocenters. The van der Waals surface area contributed by atoms with Crippen molar-refractivity contribution >= 4 is 16.9 Å². The number of amides is 1. The number of nitrogens with zero attached hydrogens (tertiary/aromatic N) is 3. The third kappa shape index (κ3) is 3.06. The normalized spacial score (nSPS) is 21.9. The monoisotopic (exact) mass is 376 g/mol. The Labute approximate surface area is 163 Å². The average molecular weight is 376 g/mol. The van der Waals surface area contributed by atoms with Crippen LogP contribution in [0.2, 0.25) is 0 Å². The van der Waals surface area contributed by atoms with Crippen molar-refractivity contribution in [1.82, 2.24) is 30.9 Å². The number of hydrogen-bond acceptors (Lipinski definition) is 5. The molecule has 0 bridgehead atoms. The van der Waals surface area contributed by atoms with Crippen LogP contribution in [0.5, 0.6) is 0 Å². The quantitative estimate of drug-likeness (QED) is 0.651. The maximum atomic E-state index is 13.2. The Morgan fingerprint density at radius 2 is 2.00 bits per heavy atom. The van der Waals surface area contributed by atoms with Crippen molar-refractivity contribution in [1.29, 1.82) is 0 Å². The lowest BCUT2D eigenvalue weighted by Gasteiger charge is -2.14. The molecule has 1 aliphatic carbocycles. The van der Waals surface area contributed by atoms with Gasteiger partial charge in [0.2, 0.25) is 0 Å². The summed E-state index contributed by atoms with van der Waals surface area (Å²) < 4.78 is 1.77. The molecule has 5 rings (SSSR count). The standard InChI is InChI=1S/C21H24N6O/c1-12-19-15(10-16(14-8-9-14)22-20(19)27(2)26-12)21(28)23-18-11-17(24-25-18)13-6-4-3-5-7-13/h3-7,10,14,17-18,24-25H,8-9,11H2,1-2H3,(H,23,28). The molecular formula is C21H24N6O. The third-order valence-corrected chi connectivity index (χ3v) is 5.64. The van der Waals surface area contributed by atoms with Crippen LogP contribution in [0.25, 0.3) is 11.0 Å². The number of carbonyl (C=O) groups excluding carboxylic acids is 1. The Balaban J connectivity index is 1.40. The van der Waals surface area contributed by atoms with Crippen LogP contribution in [0.4, 0.5) is 0 Å². The third-order valence-electron chi connectivity index (χ3n) is 5.64. The molecule has 0 radical (unpaired) electrons. The highest BCUT2D eigenvalue weighted by molar-refractivity contribution is 6.06. The Morgan fingerprint density at radius 3 is 2.75 bits per heavy atom. The lowest BCUT2D eigenvalue weighted by Crippen LogP contribution is -2.44. The van der Waals surface area contributed by atoms with E-state index in [0.717, 1.165) is 41.7 Å². The van der Waals surface area contributed by atoms with Gasteiger partial charge in [-0.2, -0.15) is 5.10 Å². The molecule has 3 N–H and O–H groups in total. The average Bonchev–Trinajstić information content (AvgIpc) is 3.39. The van der Waals surface area contributed by atoms with Crippen molar-refractivity contribution in [3.05, 3.63) is 58.9 Å². The zero-order chi connectivity index (χ0) is 19.3. The molecule has 1 aromatic carbocycles. The van der Waals surface area contributed by atoms with Gasteiger partial charge in [-0.1, -0.05) is 30.3 Å². The van der Waals surface area contributed by atoms with Gasteiger partial charge in [-0.15, -0.1) is 0 Å². The molecule has 1 amide bonds. The van der Waals surface area contributed by atoms with Crippen LogP contribution >= 0.6 is 0 Å². The highest BCUT2D eigenvalue weighted by atomic mass is 16.1. The second kappa shape index (κ2) is 6.68. The van der Waals surface area contributed by atoms with E-state index in [-0.39, 0.29) is 18.1 Å². The summed E-state index contributed by atoms with van der Waals surface area (Å²) in [7, 11) is 1.88. The fraction of sp³-hybridized carbons (Fsp3) is 0.381. The molecule has 28 heavy (non-hydrogen) atoms. The summed E-state index contributed by atoms with van der Waals surface area (Å²) in [4.78, 5) is 17.9. The van der Waals surface area contributed by atoms with E-state index in [0.29, 0.717) is 11.5 Å².